The normalized spacial score (nSPS) is 14.7. The van der Waals surface area contributed by atoms with Crippen LogP contribution in [0.15, 0.2) is 111 Å². The lowest BCUT2D eigenvalue weighted by molar-refractivity contribution is -0.384. The van der Waals surface area contributed by atoms with Crippen molar-refractivity contribution in [2.24, 2.45) is 4.99 Å². The predicted molar refractivity (Wildman–Crippen MR) is 170 cm³/mol. The van der Waals surface area contributed by atoms with Gasteiger partial charge in [-0.2, -0.15) is 5.10 Å². The Morgan fingerprint density at radius 2 is 1.84 bits per heavy atom. The van der Waals surface area contributed by atoms with E-state index in [0.717, 1.165) is 16.1 Å². The molecule has 6 rings (SSSR count). The molecule has 0 fully saturated rings. The van der Waals surface area contributed by atoms with Crippen molar-refractivity contribution in [2.45, 2.75) is 17.9 Å². The SMILES string of the molecule is COC(=O)C1=C(C)N=c2sc(=Cc3cn(-c4ccccc4)nc3-c3cccc([N+](=O)[O-])c3)c(=O)n2C1c1ccc(SC)cc1. The van der Waals surface area contributed by atoms with Crippen molar-refractivity contribution < 1.29 is 14.5 Å². The smallest absolute Gasteiger partial charge is 0.338 e. The van der Waals surface area contributed by atoms with Gasteiger partial charge in [-0.25, -0.2) is 14.5 Å². The number of nitro benzene ring substituents is 1. The first-order valence-corrected chi connectivity index (χ1v) is 15.5. The molecule has 0 saturated heterocycles. The number of allylic oxidation sites excluding steroid dienone is 1. The Morgan fingerprint density at radius 3 is 2.52 bits per heavy atom. The van der Waals surface area contributed by atoms with Gasteiger partial charge < -0.3 is 4.74 Å². The van der Waals surface area contributed by atoms with Crippen LogP contribution in [0.5, 0.6) is 0 Å². The van der Waals surface area contributed by atoms with Crippen molar-refractivity contribution in [2.75, 3.05) is 13.4 Å². The summed E-state index contributed by atoms with van der Waals surface area (Å²) < 4.78 is 8.68. The molecule has 0 N–H and O–H groups in total. The van der Waals surface area contributed by atoms with Crippen molar-refractivity contribution in [1.29, 1.82) is 0 Å². The highest BCUT2D eigenvalue weighted by molar-refractivity contribution is 7.98. The maximum Gasteiger partial charge on any atom is 0.338 e. The lowest BCUT2D eigenvalue weighted by Gasteiger charge is -2.24. The van der Waals surface area contributed by atoms with Crippen LogP contribution < -0.4 is 14.9 Å². The van der Waals surface area contributed by atoms with Crippen LogP contribution in [-0.4, -0.2) is 38.6 Å². The van der Waals surface area contributed by atoms with Crippen molar-refractivity contribution in [3.05, 3.63) is 137 Å². The maximum absolute atomic E-state index is 14.1. The molecule has 0 aliphatic carbocycles. The van der Waals surface area contributed by atoms with Gasteiger partial charge in [0.2, 0.25) is 0 Å². The summed E-state index contributed by atoms with van der Waals surface area (Å²) in [5, 5.41) is 16.3. The van der Waals surface area contributed by atoms with E-state index >= 15 is 0 Å². The second-order valence-electron chi connectivity index (χ2n) is 9.87. The van der Waals surface area contributed by atoms with E-state index in [1.807, 2.05) is 60.9 Å². The molecule has 3 heterocycles. The summed E-state index contributed by atoms with van der Waals surface area (Å²) in [5.41, 5.74) is 3.48. The minimum atomic E-state index is -0.736. The molecule has 0 spiro atoms. The number of methoxy groups -OCH3 is 1. The Labute approximate surface area is 259 Å². The van der Waals surface area contributed by atoms with Crippen LogP contribution in [0.2, 0.25) is 0 Å². The third kappa shape index (κ3) is 5.29. The first kappa shape index (κ1) is 29.0. The number of nitrogens with zero attached hydrogens (tertiary/aromatic N) is 5. The number of fused-ring (bicyclic) bond motifs is 1. The number of carbonyl (C=O) groups is 1. The molecule has 220 valence electrons. The summed E-state index contributed by atoms with van der Waals surface area (Å²) in [7, 11) is 1.31. The first-order chi connectivity index (χ1) is 21.3. The minimum absolute atomic E-state index is 0.0691. The van der Waals surface area contributed by atoms with Gasteiger partial charge in [-0.3, -0.25) is 19.5 Å². The average molecular weight is 624 g/mol. The third-order valence-corrected chi connectivity index (χ3v) is 8.97. The number of thioether (sulfide) groups is 1. The van der Waals surface area contributed by atoms with Crippen LogP contribution in [0.4, 0.5) is 5.69 Å². The number of thiazole rings is 1. The molecule has 5 aromatic rings. The van der Waals surface area contributed by atoms with Crippen LogP contribution >= 0.6 is 23.1 Å². The molecule has 2 aromatic heterocycles. The number of carbonyl (C=O) groups excluding carboxylic acids is 1. The average Bonchev–Trinajstić information content (AvgIpc) is 3.61. The van der Waals surface area contributed by atoms with Crippen LogP contribution in [-0.2, 0) is 9.53 Å². The molecule has 0 amide bonds. The van der Waals surface area contributed by atoms with E-state index in [1.165, 1.54) is 35.1 Å². The van der Waals surface area contributed by atoms with E-state index in [0.29, 0.717) is 31.9 Å². The number of rotatable bonds is 7. The molecule has 1 unspecified atom stereocenters. The summed E-state index contributed by atoms with van der Waals surface area (Å²) >= 11 is 2.79. The number of benzene rings is 3. The second kappa shape index (κ2) is 11.9. The van der Waals surface area contributed by atoms with Crippen LogP contribution in [0.25, 0.3) is 23.0 Å². The second-order valence-corrected chi connectivity index (χ2v) is 11.8. The largest absolute Gasteiger partial charge is 0.466 e. The first-order valence-electron chi connectivity index (χ1n) is 13.4. The number of hydrogen-bond donors (Lipinski definition) is 0. The number of nitro groups is 1. The van der Waals surface area contributed by atoms with Gasteiger partial charge in [0.25, 0.3) is 11.2 Å². The van der Waals surface area contributed by atoms with Gasteiger partial charge in [-0.1, -0.05) is 53.8 Å². The number of ether oxygens (including phenoxy) is 1. The monoisotopic (exact) mass is 623 g/mol. The van der Waals surface area contributed by atoms with Crippen LogP contribution in [0, 0.1) is 10.1 Å². The Kier molecular flexibility index (Phi) is 7.85. The molecule has 3 aromatic carbocycles. The number of para-hydroxylation sites is 1. The van der Waals surface area contributed by atoms with Crippen molar-refractivity contribution >= 4 is 40.8 Å². The van der Waals surface area contributed by atoms with E-state index in [9.17, 15) is 19.7 Å². The number of aromatic nitrogens is 3. The molecule has 1 aliphatic rings. The van der Waals surface area contributed by atoms with Gasteiger partial charge in [0.05, 0.1) is 39.6 Å². The number of hydrogen-bond acceptors (Lipinski definition) is 9. The van der Waals surface area contributed by atoms with Gasteiger partial charge in [0.1, 0.15) is 5.69 Å². The number of non-ortho nitro benzene ring substituents is 1. The zero-order valence-corrected chi connectivity index (χ0v) is 25.5. The summed E-state index contributed by atoms with van der Waals surface area (Å²) in [6.45, 7) is 1.73. The summed E-state index contributed by atoms with van der Waals surface area (Å²) in [6, 6.07) is 22.6. The third-order valence-electron chi connectivity index (χ3n) is 7.24. The molecule has 0 saturated carbocycles. The molecule has 0 bridgehead atoms. The summed E-state index contributed by atoms with van der Waals surface area (Å²) in [6.07, 6.45) is 5.48. The molecule has 0 radical (unpaired) electrons. The van der Waals surface area contributed by atoms with E-state index < -0.39 is 16.9 Å². The highest BCUT2D eigenvalue weighted by Crippen LogP contribution is 2.32. The van der Waals surface area contributed by atoms with Gasteiger partial charge in [-0.15, -0.1) is 11.8 Å². The molecular formula is C32H25N5O5S2. The molecule has 10 nitrogen and oxygen atoms in total. The standard InChI is InChI=1S/C32H25N5O5S2/c1-19-27(31(39)42-2)29(20-12-14-25(43-3)15-13-20)36-30(38)26(44-32(36)33-19)17-22-18-35(23-9-5-4-6-10-23)34-28(22)21-8-7-11-24(16-21)37(40)41/h4-18,29H,1-3H3. The molecule has 1 aliphatic heterocycles. The Bertz CT molecular complexity index is 2130. The van der Waals surface area contributed by atoms with Gasteiger partial charge in [0, 0.05) is 34.4 Å². The zero-order chi connectivity index (χ0) is 31.0. The minimum Gasteiger partial charge on any atom is -0.466 e. The summed E-state index contributed by atoms with van der Waals surface area (Å²) in [4.78, 5) is 44.3. The fourth-order valence-corrected chi connectivity index (χ4v) is 6.58. The maximum atomic E-state index is 14.1. The predicted octanol–water partition coefficient (Wildman–Crippen LogP) is 4.89. The van der Waals surface area contributed by atoms with Crippen molar-refractivity contribution in [3.63, 3.8) is 0 Å². The Hall–Kier alpha value is -5.07. The summed E-state index contributed by atoms with van der Waals surface area (Å²) in [5.74, 6) is -0.559. The van der Waals surface area contributed by atoms with Crippen molar-refractivity contribution in [3.8, 4) is 16.9 Å². The Morgan fingerprint density at radius 1 is 1.09 bits per heavy atom. The fourth-order valence-electron chi connectivity index (χ4n) is 5.13. The molecule has 12 heteroatoms. The highest BCUT2D eigenvalue weighted by Gasteiger charge is 2.33. The lowest BCUT2D eigenvalue weighted by atomic mass is 9.96. The van der Waals surface area contributed by atoms with Crippen LogP contribution in [0.1, 0.15) is 24.1 Å². The molecule has 44 heavy (non-hydrogen) atoms. The van der Waals surface area contributed by atoms with Gasteiger partial charge >= 0.3 is 5.97 Å². The zero-order valence-electron chi connectivity index (χ0n) is 23.8. The molecular weight excluding hydrogens is 599 g/mol. The fraction of sp³-hybridized carbons (Fsp3) is 0.125. The van der Waals surface area contributed by atoms with Crippen LogP contribution in [0.3, 0.4) is 0 Å². The van der Waals surface area contributed by atoms with Gasteiger partial charge in [-0.05, 0) is 49.1 Å². The topological polar surface area (TPSA) is 122 Å². The van der Waals surface area contributed by atoms with Gasteiger partial charge in [0.15, 0.2) is 4.80 Å². The number of esters is 1. The highest BCUT2D eigenvalue weighted by atomic mass is 32.2. The Balaban J connectivity index is 1.57. The van der Waals surface area contributed by atoms with E-state index in [1.54, 1.807) is 47.8 Å². The van der Waals surface area contributed by atoms with E-state index in [4.69, 9.17) is 9.84 Å². The van der Waals surface area contributed by atoms with E-state index in [2.05, 4.69) is 4.99 Å². The van der Waals surface area contributed by atoms with E-state index in [-0.39, 0.29) is 16.8 Å². The molecule has 1 atom stereocenters. The quantitative estimate of drug-likeness (QED) is 0.110. The lowest BCUT2D eigenvalue weighted by Crippen LogP contribution is -2.39. The van der Waals surface area contributed by atoms with Crippen molar-refractivity contribution in [1.82, 2.24) is 14.3 Å².